The van der Waals surface area contributed by atoms with Gasteiger partial charge in [-0.2, -0.15) is 11.8 Å². The number of carbonyl (C=O) groups excluding carboxylic acids is 1. The van der Waals surface area contributed by atoms with Crippen LogP contribution in [-0.4, -0.2) is 22.7 Å². The Morgan fingerprint density at radius 2 is 1.54 bits per heavy atom. The number of carboxylic acids is 1. The number of hydrogen-bond donors (Lipinski definition) is 2. The van der Waals surface area contributed by atoms with Crippen molar-refractivity contribution in [3.05, 3.63) is 64.7 Å². The molecule has 0 aliphatic heterocycles. The number of thioether (sulfide) groups is 1. The molecule has 1 amide bonds. The molecule has 0 heterocycles. The molecule has 2 rings (SSSR count). The van der Waals surface area contributed by atoms with Crippen LogP contribution >= 0.6 is 11.8 Å². The first-order valence-corrected chi connectivity index (χ1v) is 10.8. The molecule has 0 spiro atoms. The quantitative estimate of drug-likeness (QED) is 0.516. The van der Waals surface area contributed by atoms with Gasteiger partial charge in [0.15, 0.2) is 0 Å². The van der Waals surface area contributed by atoms with Gasteiger partial charge in [-0.3, -0.25) is 4.79 Å². The lowest BCUT2D eigenvalue weighted by atomic mass is 9.92. The molecule has 5 heteroatoms. The highest BCUT2D eigenvalue weighted by Gasteiger charge is 2.15. The zero-order valence-corrected chi connectivity index (χ0v) is 17.8. The number of nitrogens with one attached hydrogen (secondary N) is 1. The molecule has 0 saturated carbocycles. The Bertz CT molecular complexity index is 787. The first kappa shape index (κ1) is 22.0. The lowest BCUT2D eigenvalue weighted by Gasteiger charge is -2.20. The van der Waals surface area contributed by atoms with Gasteiger partial charge >= 0.3 is 5.97 Å². The van der Waals surface area contributed by atoms with E-state index in [-0.39, 0.29) is 11.5 Å². The minimum absolute atomic E-state index is 0.0312. The van der Waals surface area contributed by atoms with Gasteiger partial charge in [-0.15, -0.1) is 0 Å². The standard InChI is InChI=1S/C23H29NO3S/c1-15(2)19-6-5-7-20(16(3)4)22(19)24-21(25)12-13-28-14-17-8-10-18(11-9-17)23(26)27/h5-11,15-16H,12-14H2,1-4H3,(H,24,25)(H,26,27). The number of hydrogen-bond acceptors (Lipinski definition) is 3. The van der Waals surface area contributed by atoms with E-state index in [0.29, 0.717) is 24.0 Å². The molecule has 0 fully saturated rings. The summed E-state index contributed by atoms with van der Waals surface area (Å²) in [6, 6.07) is 13.1. The van der Waals surface area contributed by atoms with Gasteiger partial charge < -0.3 is 10.4 Å². The van der Waals surface area contributed by atoms with Crippen LogP contribution < -0.4 is 5.32 Å². The number of carboxylic acid groups (broad SMARTS) is 1. The Morgan fingerprint density at radius 3 is 2.04 bits per heavy atom. The van der Waals surface area contributed by atoms with Crippen LogP contribution in [-0.2, 0) is 10.5 Å². The van der Waals surface area contributed by atoms with Crippen molar-refractivity contribution in [1.29, 1.82) is 0 Å². The second-order valence-electron chi connectivity index (χ2n) is 7.47. The fraction of sp³-hybridized carbons (Fsp3) is 0.391. The summed E-state index contributed by atoms with van der Waals surface area (Å²) >= 11 is 1.67. The maximum Gasteiger partial charge on any atom is 0.335 e. The van der Waals surface area contributed by atoms with E-state index >= 15 is 0 Å². The van der Waals surface area contributed by atoms with Crippen molar-refractivity contribution in [2.45, 2.75) is 51.7 Å². The molecule has 150 valence electrons. The zero-order chi connectivity index (χ0) is 20.7. The molecule has 0 atom stereocenters. The Labute approximate surface area is 171 Å². The molecule has 0 radical (unpaired) electrons. The summed E-state index contributed by atoms with van der Waals surface area (Å²) in [5.74, 6) is 1.27. The zero-order valence-electron chi connectivity index (χ0n) is 17.0. The predicted octanol–water partition coefficient (Wildman–Crippen LogP) is 5.89. The van der Waals surface area contributed by atoms with E-state index in [9.17, 15) is 9.59 Å². The minimum Gasteiger partial charge on any atom is -0.478 e. The fourth-order valence-electron chi connectivity index (χ4n) is 3.00. The molecule has 2 N–H and O–H groups in total. The molecule has 0 aliphatic carbocycles. The first-order chi connectivity index (χ1) is 13.3. The second kappa shape index (κ2) is 10.3. The van der Waals surface area contributed by atoms with Gasteiger partial charge in [0.05, 0.1) is 5.56 Å². The SMILES string of the molecule is CC(C)c1cccc(C(C)C)c1NC(=O)CCSCc1ccc(C(=O)O)cc1. The molecule has 28 heavy (non-hydrogen) atoms. The van der Waals surface area contributed by atoms with Crippen LogP contribution in [0.5, 0.6) is 0 Å². The maximum absolute atomic E-state index is 12.5. The van der Waals surface area contributed by atoms with Crippen molar-refractivity contribution in [1.82, 2.24) is 0 Å². The van der Waals surface area contributed by atoms with Crippen molar-refractivity contribution >= 4 is 29.3 Å². The van der Waals surface area contributed by atoms with E-state index in [0.717, 1.165) is 17.0 Å². The van der Waals surface area contributed by atoms with Crippen molar-refractivity contribution in [2.24, 2.45) is 0 Å². The Hall–Kier alpha value is -2.27. The van der Waals surface area contributed by atoms with Crippen LogP contribution in [0, 0.1) is 0 Å². The summed E-state index contributed by atoms with van der Waals surface area (Å²) in [5.41, 5.74) is 4.66. The van der Waals surface area contributed by atoms with Crippen molar-refractivity contribution in [3.8, 4) is 0 Å². The van der Waals surface area contributed by atoms with E-state index in [2.05, 4.69) is 51.2 Å². The number of rotatable bonds is 9. The van der Waals surface area contributed by atoms with Crippen LogP contribution in [0.4, 0.5) is 5.69 Å². The molecule has 0 saturated heterocycles. The smallest absolute Gasteiger partial charge is 0.335 e. The molecule has 2 aromatic rings. The molecule has 0 bridgehead atoms. The van der Waals surface area contributed by atoms with E-state index < -0.39 is 5.97 Å². The molecular weight excluding hydrogens is 370 g/mol. The molecule has 2 aromatic carbocycles. The van der Waals surface area contributed by atoms with Crippen molar-refractivity contribution in [2.75, 3.05) is 11.1 Å². The third kappa shape index (κ3) is 6.13. The summed E-state index contributed by atoms with van der Waals surface area (Å²) in [6.07, 6.45) is 0.446. The van der Waals surface area contributed by atoms with Crippen molar-refractivity contribution in [3.63, 3.8) is 0 Å². The van der Waals surface area contributed by atoms with Gasteiger partial charge in [0.1, 0.15) is 0 Å². The number of carbonyl (C=O) groups is 2. The van der Waals surface area contributed by atoms with E-state index in [4.69, 9.17) is 5.11 Å². The normalized spacial score (nSPS) is 11.1. The van der Waals surface area contributed by atoms with Crippen LogP contribution in [0.25, 0.3) is 0 Å². The summed E-state index contributed by atoms with van der Waals surface area (Å²) in [6.45, 7) is 8.56. The summed E-state index contributed by atoms with van der Waals surface area (Å²) in [4.78, 5) is 23.4. The minimum atomic E-state index is -0.918. The third-order valence-electron chi connectivity index (χ3n) is 4.58. The highest BCUT2D eigenvalue weighted by Crippen LogP contribution is 2.32. The van der Waals surface area contributed by atoms with E-state index in [1.165, 1.54) is 11.1 Å². The van der Waals surface area contributed by atoms with E-state index in [1.807, 2.05) is 12.1 Å². The monoisotopic (exact) mass is 399 g/mol. The Balaban J connectivity index is 1.90. The molecule has 0 aliphatic rings. The number of amides is 1. The van der Waals surface area contributed by atoms with Gasteiger partial charge in [0.25, 0.3) is 0 Å². The number of benzene rings is 2. The molecular formula is C23H29NO3S. The number of para-hydroxylation sites is 1. The first-order valence-electron chi connectivity index (χ1n) is 9.62. The highest BCUT2D eigenvalue weighted by molar-refractivity contribution is 7.98. The number of aromatic carboxylic acids is 1. The van der Waals surface area contributed by atoms with Gasteiger partial charge in [0.2, 0.25) is 5.91 Å². The lowest BCUT2D eigenvalue weighted by Crippen LogP contribution is -2.16. The molecule has 0 aromatic heterocycles. The molecule has 0 unspecified atom stereocenters. The second-order valence-corrected chi connectivity index (χ2v) is 8.58. The average Bonchev–Trinajstić information content (AvgIpc) is 2.65. The summed E-state index contributed by atoms with van der Waals surface area (Å²) in [7, 11) is 0. The predicted molar refractivity (Wildman–Crippen MR) is 117 cm³/mol. The van der Waals surface area contributed by atoms with Gasteiger partial charge in [-0.25, -0.2) is 4.79 Å². The topological polar surface area (TPSA) is 66.4 Å². The molecule has 4 nitrogen and oxygen atoms in total. The Kier molecular flexibility index (Phi) is 8.12. The van der Waals surface area contributed by atoms with Gasteiger partial charge in [-0.1, -0.05) is 58.0 Å². The lowest BCUT2D eigenvalue weighted by molar-refractivity contribution is -0.115. The number of anilines is 1. The maximum atomic E-state index is 12.5. The summed E-state index contributed by atoms with van der Waals surface area (Å²) in [5, 5.41) is 12.1. The van der Waals surface area contributed by atoms with Crippen LogP contribution in [0.2, 0.25) is 0 Å². The third-order valence-corrected chi connectivity index (χ3v) is 5.61. The highest BCUT2D eigenvalue weighted by atomic mass is 32.2. The van der Waals surface area contributed by atoms with Crippen LogP contribution in [0.3, 0.4) is 0 Å². The van der Waals surface area contributed by atoms with Crippen LogP contribution in [0.15, 0.2) is 42.5 Å². The summed E-state index contributed by atoms with van der Waals surface area (Å²) < 4.78 is 0. The van der Waals surface area contributed by atoms with Gasteiger partial charge in [0, 0.05) is 23.6 Å². The average molecular weight is 400 g/mol. The van der Waals surface area contributed by atoms with Crippen LogP contribution in [0.1, 0.15) is 73.0 Å². The largest absolute Gasteiger partial charge is 0.478 e. The Morgan fingerprint density at radius 1 is 0.964 bits per heavy atom. The van der Waals surface area contributed by atoms with Crippen molar-refractivity contribution < 1.29 is 14.7 Å². The van der Waals surface area contributed by atoms with E-state index in [1.54, 1.807) is 23.9 Å². The van der Waals surface area contributed by atoms with Gasteiger partial charge in [-0.05, 0) is 40.7 Å². The fourth-order valence-corrected chi connectivity index (χ4v) is 3.90.